The molecule has 0 amide bonds. The molecule has 12 aromatic heterocycles. The molecule has 492 valence electrons. The number of hydrogen-bond acceptors (Lipinski definition) is 12. The van der Waals surface area contributed by atoms with E-state index in [1.54, 1.807) is 112 Å². The SMILES string of the molecule is C(#Cc1ccnc(-c2cc(C#Cc3ccncc3)ccn2)c1)c1ccncc1.C(#Cc1ccnc(-c2cc(C#Cc3ccncc3)ccn2)c1)c1ccncc1.C(#Cc1ccnc(-c2cc(C#Cc3ccncc3)ccn2)c1)c1ccncc1.F[P-](F)(F)(F)(F)F.F[P-](F)(F)(F)(F)F.[Fe+2]. The second kappa shape index (κ2) is 32.4. The van der Waals surface area contributed by atoms with Crippen LogP contribution in [-0.4, -0.2) is 59.8 Å². The normalized spacial score (nSPS) is 11.4. The molecule has 0 aliphatic heterocycles. The van der Waals surface area contributed by atoms with E-state index in [0.717, 1.165) is 101 Å². The summed E-state index contributed by atoms with van der Waals surface area (Å²) in [5.74, 6) is 37.7. The minimum Gasteiger partial charge on any atom is 2.00 e. The Kier molecular flexibility index (Phi) is 24.3. The monoisotopic (exact) mass is 1420 g/mol. The molecule has 12 heterocycles. The van der Waals surface area contributed by atoms with Crippen molar-refractivity contribution < 1.29 is 67.4 Å². The van der Waals surface area contributed by atoms with E-state index in [1.807, 2.05) is 146 Å². The molecule has 99 heavy (non-hydrogen) atoms. The van der Waals surface area contributed by atoms with E-state index in [4.69, 9.17) is 0 Å². The smallest absolute Gasteiger partial charge is 2.00 e. The van der Waals surface area contributed by atoms with Crippen molar-refractivity contribution >= 4 is 15.6 Å². The maximum absolute atomic E-state index is 10.7. The van der Waals surface area contributed by atoms with Crippen LogP contribution in [-0.2, 0) is 17.1 Å². The molecule has 0 saturated carbocycles. The van der Waals surface area contributed by atoms with Crippen LogP contribution in [0.4, 0.5) is 50.4 Å². The first kappa shape index (κ1) is 74.1. The van der Waals surface area contributed by atoms with E-state index in [0.29, 0.717) is 0 Å². The van der Waals surface area contributed by atoms with Crippen molar-refractivity contribution in [3.8, 4) is 105 Å². The Labute approximate surface area is 569 Å². The molecule has 12 rings (SSSR count). The Balaban J connectivity index is 0.000000189. The average molecular weight is 1420 g/mol. The van der Waals surface area contributed by atoms with E-state index in [-0.39, 0.29) is 17.1 Å². The summed E-state index contributed by atoms with van der Waals surface area (Å²) in [4.78, 5) is 50.5. The molecule has 0 atom stereocenters. The molecule has 0 aliphatic carbocycles. The third-order valence-electron chi connectivity index (χ3n) is 11.5. The van der Waals surface area contributed by atoms with Gasteiger partial charge >= 0.3 is 83.0 Å². The van der Waals surface area contributed by atoms with Crippen LogP contribution in [0, 0.1) is 71.0 Å². The fourth-order valence-electron chi connectivity index (χ4n) is 7.37. The molecule has 0 bridgehead atoms. The summed E-state index contributed by atoms with van der Waals surface area (Å²) in [6, 6.07) is 45.4. The van der Waals surface area contributed by atoms with E-state index >= 15 is 0 Å². The van der Waals surface area contributed by atoms with Gasteiger partial charge < -0.3 is 0 Å². The van der Waals surface area contributed by atoms with Gasteiger partial charge in [0, 0.05) is 178 Å². The van der Waals surface area contributed by atoms with Gasteiger partial charge in [-0.2, -0.15) is 0 Å². The minimum absolute atomic E-state index is 0. The van der Waals surface area contributed by atoms with E-state index in [9.17, 15) is 50.4 Å². The Morgan fingerprint density at radius 3 is 0.394 bits per heavy atom. The number of rotatable bonds is 3. The number of nitrogens with zero attached hydrogens (tertiary/aromatic N) is 12. The Morgan fingerprint density at radius 1 is 0.172 bits per heavy atom. The molecule has 0 fully saturated rings. The average Bonchev–Trinajstić information content (AvgIpc) is 0.856. The molecule has 12 nitrogen and oxygen atoms in total. The zero-order chi connectivity index (χ0) is 69.9. The minimum atomic E-state index is -10.7. The summed E-state index contributed by atoms with van der Waals surface area (Å²) in [6.07, 6.45) is 31.2. The number of hydrogen-bond donors (Lipinski definition) is 0. The van der Waals surface area contributed by atoms with Gasteiger partial charge in [0.1, 0.15) is 0 Å². The maximum atomic E-state index is 9.87. The van der Waals surface area contributed by atoms with Gasteiger partial charge in [-0.3, -0.25) is 59.8 Å². The van der Waals surface area contributed by atoms with Crippen LogP contribution in [0.3, 0.4) is 0 Å². The van der Waals surface area contributed by atoms with Gasteiger partial charge in [0.15, 0.2) is 0 Å². The van der Waals surface area contributed by atoms with Gasteiger partial charge in [-0.25, -0.2) is 0 Å². The predicted octanol–water partition coefficient (Wildman–Crippen LogP) is 18.0. The summed E-state index contributed by atoms with van der Waals surface area (Å²) in [5, 5.41) is 0. The van der Waals surface area contributed by atoms with Gasteiger partial charge in [-0.05, 0) is 146 Å². The summed E-state index contributed by atoms with van der Waals surface area (Å²) < 4.78 is 118. The zero-order valence-corrected chi connectivity index (χ0v) is 53.3. The van der Waals surface area contributed by atoms with Crippen LogP contribution in [0.15, 0.2) is 257 Å². The molecule has 0 radical (unpaired) electrons. The standard InChI is InChI=1S/3C24H14N4.2F6P.Fe/c3*1(19-5-11-25-12-6-19)3-21-9-15-27-23(17-21)24-18-22(10-16-28-24)4-2-20-7-13-26-14-8-20;2*1-7(2,3,4,5)6;/h3*5-18H;;;/q;;;2*-1;+2. The first-order valence-electron chi connectivity index (χ1n) is 27.9. The van der Waals surface area contributed by atoms with Crippen molar-refractivity contribution in [3.05, 3.63) is 324 Å². The molecule has 0 aliphatic rings. The summed E-state index contributed by atoms with van der Waals surface area (Å²) in [5.41, 5.74) is 15.3. The molecule has 12 aromatic rings. The predicted molar refractivity (Wildman–Crippen MR) is 351 cm³/mol. The molecular weight excluding hydrogens is 1380 g/mol. The van der Waals surface area contributed by atoms with Crippen LogP contribution in [0.2, 0.25) is 0 Å². The Hall–Kier alpha value is -12.3. The van der Waals surface area contributed by atoms with Crippen molar-refractivity contribution in [2.75, 3.05) is 0 Å². The van der Waals surface area contributed by atoms with Crippen molar-refractivity contribution in [1.29, 1.82) is 0 Å². The van der Waals surface area contributed by atoms with Gasteiger partial charge in [0.05, 0.1) is 34.2 Å². The van der Waals surface area contributed by atoms with E-state index in [1.165, 1.54) is 0 Å². The summed E-state index contributed by atoms with van der Waals surface area (Å²) in [6.45, 7) is 0. The van der Waals surface area contributed by atoms with Crippen LogP contribution in [0.25, 0.3) is 34.2 Å². The van der Waals surface area contributed by atoms with Gasteiger partial charge in [-0.15, -0.1) is 0 Å². The second-order valence-electron chi connectivity index (χ2n) is 19.4. The van der Waals surface area contributed by atoms with Crippen molar-refractivity contribution in [2.24, 2.45) is 0 Å². The van der Waals surface area contributed by atoms with Crippen LogP contribution < -0.4 is 0 Å². The fraction of sp³-hybridized carbons (Fsp3) is 0. The van der Waals surface area contributed by atoms with Gasteiger partial charge in [0.2, 0.25) is 0 Å². The molecule has 27 heteroatoms. The Morgan fingerprint density at radius 2 is 0.273 bits per heavy atom. The molecular formula is C72H42F12FeN12P2. The molecule has 0 unspecified atom stereocenters. The van der Waals surface area contributed by atoms with Crippen molar-refractivity contribution in [3.63, 3.8) is 0 Å². The molecule has 0 aromatic carbocycles. The van der Waals surface area contributed by atoms with E-state index < -0.39 is 15.6 Å². The fourth-order valence-corrected chi connectivity index (χ4v) is 7.37. The first-order valence-corrected chi connectivity index (χ1v) is 32.0. The molecule has 0 N–H and O–H groups in total. The van der Waals surface area contributed by atoms with Crippen molar-refractivity contribution in [1.82, 2.24) is 59.8 Å². The quantitative estimate of drug-likeness (QED) is 0.0715. The number of aromatic nitrogens is 12. The van der Waals surface area contributed by atoms with Crippen LogP contribution in [0.1, 0.15) is 66.8 Å². The Bertz CT molecular complexity index is 4320. The third-order valence-corrected chi connectivity index (χ3v) is 11.5. The second-order valence-corrected chi connectivity index (χ2v) is 23.2. The van der Waals surface area contributed by atoms with Gasteiger partial charge in [-0.1, -0.05) is 71.0 Å². The van der Waals surface area contributed by atoms with Crippen LogP contribution >= 0.6 is 15.6 Å². The first-order chi connectivity index (χ1) is 46.5. The van der Waals surface area contributed by atoms with E-state index in [2.05, 4.69) is 131 Å². The molecule has 0 spiro atoms. The summed E-state index contributed by atoms with van der Waals surface area (Å²) >= 11 is 0. The number of pyridine rings is 12. The van der Waals surface area contributed by atoms with Gasteiger partial charge in [0.25, 0.3) is 0 Å². The molecule has 0 saturated heterocycles. The third kappa shape index (κ3) is 31.7. The van der Waals surface area contributed by atoms with Crippen molar-refractivity contribution in [2.45, 2.75) is 0 Å². The topological polar surface area (TPSA) is 155 Å². The number of halogens is 12. The summed E-state index contributed by atoms with van der Waals surface area (Å²) in [7, 11) is -21.3. The van der Waals surface area contributed by atoms with Crippen LogP contribution in [0.5, 0.6) is 0 Å². The zero-order valence-electron chi connectivity index (χ0n) is 50.4. The largest absolute Gasteiger partial charge is 2.00 e. The maximum Gasteiger partial charge on any atom is 2.00 e.